The van der Waals surface area contributed by atoms with Crippen molar-refractivity contribution in [2.24, 2.45) is 34.5 Å². The summed E-state index contributed by atoms with van der Waals surface area (Å²) in [5, 5.41) is 2.25. The molecule has 4 aliphatic rings. The van der Waals surface area contributed by atoms with Gasteiger partial charge in [0.15, 0.2) is 0 Å². The SMILES string of the molecule is CCC(CC1CC[C@H]2[C@@H]3CCC4N(C)C(=O)C=C[C@]4(C)[C@@H]3CC[C@]12C)c1cccs1. The zero-order valence-electron chi connectivity index (χ0n) is 19.3. The number of hydrogen-bond acceptors (Lipinski definition) is 2. The van der Waals surface area contributed by atoms with Crippen molar-refractivity contribution in [3.8, 4) is 0 Å². The Bertz CT molecular complexity index is 815. The summed E-state index contributed by atoms with van der Waals surface area (Å²) < 4.78 is 0. The van der Waals surface area contributed by atoms with E-state index < -0.39 is 0 Å². The molecule has 3 fully saturated rings. The number of nitrogens with zero attached hydrogens (tertiary/aromatic N) is 1. The van der Waals surface area contributed by atoms with Gasteiger partial charge in [0.1, 0.15) is 0 Å². The highest BCUT2D eigenvalue weighted by molar-refractivity contribution is 7.10. The molecule has 2 heterocycles. The van der Waals surface area contributed by atoms with E-state index in [1.54, 1.807) is 4.88 Å². The Morgan fingerprint density at radius 3 is 2.73 bits per heavy atom. The first-order valence-corrected chi connectivity index (χ1v) is 13.3. The van der Waals surface area contributed by atoms with Gasteiger partial charge in [-0.3, -0.25) is 4.79 Å². The third kappa shape index (κ3) is 2.98. The molecule has 3 aliphatic carbocycles. The molecule has 3 unspecified atom stereocenters. The minimum atomic E-state index is 0.175. The van der Waals surface area contributed by atoms with Crippen LogP contribution in [0.25, 0.3) is 0 Å². The molecule has 5 rings (SSSR count). The number of fused-ring (bicyclic) bond motifs is 5. The van der Waals surface area contributed by atoms with Gasteiger partial charge in [-0.25, -0.2) is 0 Å². The monoisotopic (exact) mass is 425 g/mol. The van der Waals surface area contributed by atoms with Crippen LogP contribution in [0.4, 0.5) is 0 Å². The van der Waals surface area contributed by atoms with Crippen LogP contribution in [0.15, 0.2) is 29.7 Å². The molecular formula is C27H39NOS. The fraction of sp³-hybridized carbons (Fsp3) is 0.741. The van der Waals surface area contributed by atoms with Crippen LogP contribution in [0.2, 0.25) is 0 Å². The Kier molecular flexibility index (Phi) is 5.20. The molecular weight excluding hydrogens is 386 g/mol. The number of thiophene rings is 1. The Morgan fingerprint density at radius 1 is 1.17 bits per heavy atom. The van der Waals surface area contributed by atoms with E-state index in [9.17, 15) is 4.79 Å². The van der Waals surface area contributed by atoms with Gasteiger partial charge in [-0.2, -0.15) is 0 Å². The third-order valence-electron chi connectivity index (χ3n) is 10.3. The maximum atomic E-state index is 12.3. The van der Waals surface area contributed by atoms with Crippen molar-refractivity contribution in [2.75, 3.05) is 7.05 Å². The van der Waals surface area contributed by atoms with Crippen molar-refractivity contribution < 1.29 is 4.79 Å². The van der Waals surface area contributed by atoms with Gasteiger partial charge in [0.2, 0.25) is 5.91 Å². The van der Waals surface area contributed by atoms with Crippen molar-refractivity contribution in [2.45, 2.75) is 84.1 Å². The molecule has 0 radical (unpaired) electrons. The number of amides is 1. The summed E-state index contributed by atoms with van der Waals surface area (Å²) in [5.41, 5.74) is 0.697. The molecule has 164 valence electrons. The van der Waals surface area contributed by atoms with Gasteiger partial charge in [-0.15, -0.1) is 11.3 Å². The second-order valence-electron chi connectivity index (χ2n) is 11.3. The summed E-state index contributed by atoms with van der Waals surface area (Å²) >= 11 is 1.96. The first kappa shape index (κ1) is 20.8. The topological polar surface area (TPSA) is 20.3 Å². The summed E-state index contributed by atoms with van der Waals surface area (Å²) in [6, 6.07) is 4.99. The van der Waals surface area contributed by atoms with E-state index in [0.717, 1.165) is 29.6 Å². The lowest BCUT2D eigenvalue weighted by molar-refractivity contribution is -0.138. The Balaban J connectivity index is 1.38. The van der Waals surface area contributed by atoms with Crippen molar-refractivity contribution in [1.29, 1.82) is 0 Å². The lowest BCUT2D eigenvalue weighted by Crippen LogP contribution is -2.59. The van der Waals surface area contributed by atoms with Crippen LogP contribution < -0.4 is 0 Å². The Hall–Kier alpha value is -1.09. The average molecular weight is 426 g/mol. The number of carbonyl (C=O) groups is 1. The lowest BCUT2D eigenvalue weighted by Gasteiger charge is -2.60. The molecule has 1 amide bonds. The minimum Gasteiger partial charge on any atom is -0.338 e. The van der Waals surface area contributed by atoms with Gasteiger partial charge >= 0.3 is 0 Å². The van der Waals surface area contributed by atoms with Gasteiger partial charge in [-0.05, 0) is 104 Å². The van der Waals surface area contributed by atoms with Crippen LogP contribution in [-0.4, -0.2) is 23.9 Å². The van der Waals surface area contributed by atoms with E-state index in [0.29, 0.717) is 11.5 Å². The Labute approximate surface area is 187 Å². The van der Waals surface area contributed by atoms with Crippen LogP contribution in [0, 0.1) is 34.5 Å². The maximum absolute atomic E-state index is 12.3. The normalized spacial score (nSPS) is 43.8. The van der Waals surface area contributed by atoms with Crippen LogP contribution in [-0.2, 0) is 4.79 Å². The smallest absolute Gasteiger partial charge is 0.246 e. The van der Waals surface area contributed by atoms with Crippen molar-refractivity contribution >= 4 is 17.2 Å². The molecule has 8 atom stereocenters. The fourth-order valence-electron chi connectivity index (χ4n) is 8.59. The molecule has 1 aromatic heterocycles. The second-order valence-corrected chi connectivity index (χ2v) is 12.3. The highest BCUT2D eigenvalue weighted by Crippen LogP contribution is 2.66. The largest absolute Gasteiger partial charge is 0.338 e. The van der Waals surface area contributed by atoms with Gasteiger partial charge in [0.05, 0.1) is 0 Å². The third-order valence-corrected chi connectivity index (χ3v) is 11.4. The summed E-state index contributed by atoms with van der Waals surface area (Å²) in [6.45, 7) is 7.51. The van der Waals surface area contributed by atoms with Crippen LogP contribution >= 0.6 is 11.3 Å². The molecule has 1 aliphatic heterocycles. The minimum absolute atomic E-state index is 0.175. The lowest BCUT2D eigenvalue weighted by atomic mass is 9.47. The first-order chi connectivity index (χ1) is 14.4. The van der Waals surface area contributed by atoms with Gasteiger partial charge in [-0.1, -0.05) is 32.9 Å². The molecule has 3 heteroatoms. The summed E-state index contributed by atoms with van der Waals surface area (Å²) in [4.78, 5) is 15.9. The zero-order valence-corrected chi connectivity index (χ0v) is 20.1. The number of carbonyl (C=O) groups excluding carboxylic acids is 1. The number of hydrogen-bond donors (Lipinski definition) is 0. The van der Waals surface area contributed by atoms with Crippen molar-refractivity contribution in [1.82, 2.24) is 4.90 Å². The molecule has 0 spiro atoms. The quantitative estimate of drug-likeness (QED) is 0.514. The fourth-order valence-corrected chi connectivity index (χ4v) is 9.51. The van der Waals surface area contributed by atoms with E-state index in [2.05, 4.69) is 44.4 Å². The number of likely N-dealkylation sites (N-methyl/N-ethyl adjacent to an activating group) is 1. The first-order valence-electron chi connectivity index (χ1n) is 12.4. The number of rotatable bonds is 4. The zero-order chi connectivity index (χ0) is 21.1. The maximum Gasteiger partial charge on any atom is 0.246 e. The highest BCUT2D eigenvalue weighted by atomic mass is 32.1. The Morgan fingerprint density at radius 2 is 2.00 bits per heavy atom. The average Bonchev–Trinajstić information content (AvgIpc) is 3.37. The standard InChI is InChI=1S/C27H39NOS/c1-5-18(23-7-6-16-30-23)17-19-8-10-21-20-9-11-24-27(3,15-13-25(29)28(24)4)22(20)12-14-26(19,21)2/h6-7,13,15-16,18-22,24H,5,8-12,14,17H2,1-4H3/t18?,19?,20-,21-,22+,24?,26+,27+/m0/s1. The molecule has 0 N–H and O–H groups in total. The molecule has 2 nitrogen and oxygen atoms in total. The second kappa shape index (κ2) is 7.50. The summed E-state index contributed by atoms with van der Waals surface area (Å²) in [6.07, 6.45) is 15.0. The van der Waals surface area contributed by atoms with E-state index >= 15 is 0 Å². The predicted molar refractivity (Wildman–Crippen MR) is 126 cm³/mol. The van der Waals surface area contributed by atoms with E-state index in [4.69, 9.17) is 0 Å². The van der Waals surface area contributed by atoms with Crippen LogP contribution in [0.3, 0.4) is 0 Å². The van der Waals surface area contributed by atoms with Crippen LogP contribution in [0.5, 0.6) is 0 Å². The van der Waals surface area contributed by atoms with Gasteiger partial charge in [0, 0.05) is 23.4 Å². The van der Waals surface area contributed by atoms with Crippen LogP contribution in [0.1, 0.15) is 82.9 Å². The van der Waals surface area contributed by atoms with E-state index in [-0.39, 0.29) is 11.3 Å². The highest BCUT2D eigenvalue weighted by Gasteiger charge is 2.60. The molecule has 3 saturated carbocycles. The summed E-state index contributed by atoms with van der Waals surface area (Å²) in [7, 11) is 2.03. The molecule has 0 bridgehead atoms. The van der Waals surface area contributed by atoms with Gasteiger partial charge < -0.3 is 4.90 Å². The predicted octanol–water partition coefficient (Wildman–Crippen LogP) is 6.89. The van der Waals surface area contributed by atoms with Gasteiger partial charge in [0.25, 0.3) is 0 Å². The molecule has 0 saturated heterocycles. The van der Waals surface area contributed by atoms with E-state index in [1.165, 1.54) is 51.4 Å². The molecule has 0 aromatic carbocycles. The van der Waals surface area contributed by atoms with Crippen molar-refractivity contribution in [3.05, 3.63) is 34.5 Å². The summed E-state index contributed by atoms with van der Waals surface area (Å²) in [5.74, 6) is 4.32. The van der Waals surface area contributed by atoms with Crippen molar-refractivity contribution in [3.63, 3.8) is 0 Å². The molecule has 30 heavy (non-hydrogen) atoms. The van der Waals surface area contributed by atoms with E-state index in [1.807, 2.05) is 29.4 Å². The molecule has 1 aromatic rings.